The molecule has 10 atom stereocenters. The van der Waals surface area contributed by atoms with E-state index in [1.165, 1.54) is 4.68 Å². The summed E-state index contributed by atoms with van der Waals surface area (Å²) < 4.78 is 117. The molecule has 25 nitrogen and oxygen atoms in total. The molecule has 4 aromatic rings. The highest BCUT2D eigenvalue weighted by Gasteiger charge is 2.56. The third kappa shape index (κ3) is 18.6. The molecule has 3 heterocycles. The minimum atomic E-state index is -2.82. The summed E-state index contributed by atoms with van der Waals surface area (Å²) >= 11 is 0. The molecule has 9 N–H and O–H groups in total. The third-order valence-electron chi connectivity index (χ3n) is 12.7. The summed E-state index contributed by atoms with van der Waals surface area (Å²) in [6.45, 7) is -1.26. The first kappa shape index (κ1) is 64.9. The van der Waals surface area contributed by atoms with Crippen molar-refractivity contribution in [3.8, 4) is 16.9 Å². The maximum Gasteiger partial charge on any atom is 0.364 e. The molecule has 0 spiro atoms. The van der Waals surface area contributed by atoms with Gasteiger partial charge in [-0.15, -0.1) is 5.10 Å². The highest BCUT2D eigenvalue weighted by Crippen LogP contribution is 2.35. The van der Waals surface area contributed by atoms with Crippen LogP contribution in [-0.4, -0.2) is 215 Å². The van der Waals surface area contributed by atoms with E-state index < -0.39 is 152 Å². The Morgan fingerprint density at radius 1 is 0.768 bits per heavy atom. The quantitative estimate of drug-likeness (QED) is 0.00732. The lowest BCUT2D eigenvalue weighted by molar-refractivity contribution is -0.327. The van der Waals surface area contributed by atoms with Gasteiger partial charge in [0.15, 0.2) is 6.29 Å². The van der Waals surface area contributed by atoms with Gasteiger partial charge in [0.25, 0.3) is 5.79 Å². The van der Waals surface area contributed by atoms with Crippen molar-refractivity contribution >= 4 is 23.8 Å². The number of aliphatic hydroxyl groups is 6. The van der Waals surface area contributed by atoms with Crippen molar-refractivity contribution in [3.05, 3.63) is 101 Å². The number of aliphatic hydroxyl groups excluding tert-OH is 6. The van der Waals surface area contributed by atoms with Gasteiger partial charge in [0.05, 0.1) is 116 Å². The molecule has 1 aromatic heterocycles. The number of carboxylic acid groups (broad SMARTS) is 1. The number of carbonyl (C=O) groups excluding carboxylic acids is 3. The van der Waals surface area contributed by atoms with E-state index in [2.05, 4.69) is 25.7 Å². The number of carboxylic acids is 1. The Morgan fingerprint density at radius 2 is 1.38 bits per heavy atom. The van der Waals surface area contributed by atoms with Gasteiger partial charge in [-0.2, -0.15) is 8.78 Å². The van der Waals surface area contributed by atoms with Crippen LogP contribution in [0.5, 0.6) is 5.75 Å². The van der Waals surface area contributed by atoms with Crippen LogP contribution in [0.15, 0.2) is 60.8 Å². The zero-order valence-corrected chi connectivity index (χ0v) is 43.9. The summed E-state index contributed by atoms with van der Waals surface area (Å²) in [7, 11) is 0. The lowest BCUT2D eigenvalue weighted by Crippen LogP contribution is -2.68. The molecular weight excluding hydrogens is 1110 g/mol. The molecule has 0 saturated carbocycles. The number of nitrogens with one attached hydrogen (secondary N) is 2. The monoisotopic (exact) mass is 1170 g/mol. The van der Waals surface area contributed by atoms with Gasteiger partial charge in [-0.25, -0.2) is 22.6 Å². The van der Waals surface area contributed by atoms with Gasteiger partial charge in [-0.1, -0.05) is 59.8 Å². The van der Waals surface area contributed by atoms with Gasteiger partial charge in [0.1, 0.15) is 31.0 Å². The largest absolute Gasteiger partial charge is 0.477 e. The second kappa shape index (κ2) is 32.0. The first-order valence-corrected chi connectivity index (χ1v) is 25.8. The number of hydrogen-bond donors (Lipinski definition) is 9. The Labute approximate surface area is 464 Å². The van der Waals surface area contributed by atoms with Crippen LogP contribution in [0.25, 0.3) is 11.1 Å². The van der Waals surface area contributed by atoms with Gasteiger partial charge >= 0.3 is 11.9 Å². The van der Waals surface area contributed by atoms with E-state index in [9.17, 15) is 76.9 Å². The summed E-state index contributed by atoms with van der Waals surface area (Å²) in [5.74, 6) is -20.7. The summed E-state index contributed by atoms with van der Waals surface area (Å²) in [6.07, 6.45) is -13.3. The fraction of sp³-hybridized carbons (Fsp3) is 0.538. The van der Waals surface area contributed by atoms with Crippen molar-refractivity contribution in [2.45, 2.75) is 99.5 Å². The van der Waals surface area contributed by atoms with E-state index in [0.717, 1.165) is 11.1 Å². The number of aromatic nitrogens is 3. The Hall–Kier alpha value is -6.23. The van der Waals surface area contributed by atoms with Gasteiger partial charge in [0, 0.05) is 32.0 Å². The average Bonchev–Trinajstić information content (AvgIpc) is 4.07. The van der Waals surface area contributed by atoms with Crippen molar-refractivity contribution in [1.29, 1.82) is 0 Å². The van der Waals surface area contributed by atoms with Crippen LogP contribution >= 0.6 is 0 Å². The summed E-state index contributed by atoms with van der Waals surface area (Å²) in [5.41, 5.74) is 3.05. The number of benzene rings is 3. The number of amides is 2. The molecule has 2 fully saturated rings. The Balaban J connectivity index is 0.863. The second-order valence-electron chi connectivity index (χ2n) is 18.6. The molecule has 3 aromatic carbocycles. The molecule has 0 radical (unpaired) electrons. The van der Waals surface area contributed by atoms with Gasteiger partial charge in [-0.3, -0.25) is 14.4 Å². The fourth-order valence-corrected chi connectivity index (χ4v) is 8.35. The Kier molecular flexibility index (Phi) is 25.3. The number of halogens is 5. The van der Waals surface area contributed by atoms with Crippen molar-refractivity contribution < 1.29 is 120 Å². The van der Waals surface area contributed by atoms with E-state index in [4.69, 9.17) is 37.9 Å². The fourth-order valence-electron chi connectivity index (χ4n) is 8.35. The van der Waals surface area contributed by atoms with Gasteiger partial charge in [-0.05, 0) is 16.7 Å². The van der Waals surface area contributed by atoms with Crippen molar-refractivity contribution in [3.63, 3.8) is 0 Å². The smallest absolute Gasteiger partial charge is 0.364 e. The van der Waals surface area contributed by atoms with E-state index in [-0.39, 0.29) is 78.7 Å². The average molecular weight is 1170 g/mol. The molecule has 82 heavy (non-hydrogen) atoms. The van der Waals surface area contributed by atoms with Crippen LogP contribution in [0, 0.1) is 29.1 Å². The van der Waals surface area contributed by atoms with Crippen molar-refractivity contribution in [1.82, 2.24) is 25.6 Å². The summed E-state index contributed by atoms with van der Waals surface area (Å²) in [5, 5.41) is 87.9. The van der Waals surface area contributed by atoms with E-state index in [1.807, 2.05) is 42.5 Å². The first-order chi connectivity index (χ1) is 39.3. The number of esters is 1. The molecule has 2 saturated heterocycles. The maximum atomic E-state index is 13.7. The topological polar surface area (TPSA) is 348 Å². The lowest BCUT2D eigenvalue weighted by Gasteiger charge is -2.47. The molecular formula is C52H64F5N5O20. The highest BCUT2D eigenvalue weighted by atomic mass is 19.2. The molecule has 2 aliphatic rings. The zero-order valence-electron chi connectivity index (χ0n) is 43.9. The molecule has 2 amide bonds. The molecule has 6 rings (SSSR count). The normalized spacial score (nSPS) is 22.5. The Bertz CT molecular complexity index is 2660. The zero-order chi connectivity index (χ0) is 59.3. The molecule has 2 aliphatic heterocycles. The van der Waals surface area contributed by atoms with Crippen molar-refractivity contribution in [2.24, 2.45) is 0 Å². The van der Waals surface area contributed by atoms with Crippen molar-refractivity contribution in [2.75, 3.05) is 79.2 Å². The summed E-state index contributed by atoms with van der Waals surface area (Å²) in [6, 6.07) is 15.1. The number of nitrogens with zero attached hydrogens (tertiary/aromatic N) is 3. The predicted molar refractivity (Wildman–Crippen MR) is 266 cm³/mol. The number of hydrogen-bond acceptors (Lipinski definition) is 21. The van der Waals surface area contributed by atoms with Crippen LogP contribution in [0.4, 0.5) is 22.0 Å². The summed E-state index contributed by atoms with van der Waals surface area (Å²) in [4.78, 5) is 49.9. The predicted octanol–water partition coefficient (Wildman–Crippen LogP) is -0.396. The molecule has 30 heteroatoms. The second-order valence-corrected chi connectivity index (χ2v) is 18.6. The van der Waals surface area contributed by atoms with E-state index in [0.29, 0.717) is 17.8 Å². The SMILES string of the molecule is O=C(Cc1ccc(-c2ccccc2)cc1)NC[C@@H](O)[C@@H](O)[C@@H]1O[C@@](OC[C@H]2O[C@@H](OCCc3cn(CCOCCOCCOCCOCCC(=O)Oc4c(F)c(F)c(F)c(F)c4F)nn3)C[C@@H](O)[C@H]2O)(C(=O)O)C[C@H](O)[C@H]1NC(=O)CO. The third-order valence-corrected chi connectivity index (χ3v) is 12.7. The van der Waals surface area contributed by atoms with Crippen LogP contribution in [0.3, 0.4) is 0 Å². The Morgan fingerprint density at radius 3 is 2.01 bits per heavy atom. The van der Waals surface area contributed by atoms with Crippen LogP contribution in [-0.2, 0) is 76.5 Å². The number of rotatable bonds is 33. The molecule has 0 unspecified atom stereocenters. The van der Waals surface area contributed by atoms with Gasteiger partial charge in [0.2, 0.25) is 46.6 Å². The number of aliphatic carboxylic acids is 1. The van der Waals surface area contributed by atoms with Crippen LogP contribution < -0.4 is 15.4 Å². The lowest BCUT2D eigenvalue weighted by atomic mass is 9.88. The number of carbonyl (C=O) groups is 4. The molecule has 452 valence electrons. The van der Waals surface area contributed by atoms with E-state index in [1.54, 1.807) is 18.3 Å². The van der Waals surface area contributed by atoms with E-state index >= 15 is 0 Å². The molecule has 0 aliphatic carbocycles. The van der Waals surface area contributed by atoms with Gasteiger partial charge < -0.3 is 89.0 Å². The highest BCUT2D eigenvalue weighted by molar-refractivity contribution is 5.79. The number of ether oxygens (including phenoxy) is 9. The van der Waals surface area contributed by atoms with Crippen LogP contribution in [0.2, 0.25) is 0 Å². The minimum Gasteiger partial charge on any atom is -0.477 e. The standard InChI is InChI=1S/C52H64F5N5O20/c53-41-42(54)44(56)49(45(57)43(41)55)81-39(69)11-13-74-16-18-76-20-21-77-19-17-75-15-12-62-26-32(60-61-62)10-14-78-40-23-33(64)47(70)36(80-40)28-79-52(51(72)73)24-34(65)46(59-38(68)27-63)50(82-52)48(71)35(66)25-58-37(67)22-29-6-8-31(9-7-29)30-4-2-1-3-5-30/h1-9,26,33-36,40,46-48,50,63-66,70-71H,10-25,27-28H2,(H,58,67)(H,59,68)(H,72,73)/t33-,34+,35-,36-,40-,46-,47-,48-,50-,52-/m1/s1. The first-order valence-electron chi connectivity index (χ1n) is 25.8. The minimum absolute atomic E-state index is 0.00496. The van der Waals surface area contributed by atoms with Crippen LogP contribution in [0.1, 0.15) is 30.5 Å². The molecule has 0 bridgehead atoms. The maximum absolute atomic E-state index is 13.7.